The first-order chi connectivity index (χ1) is 13.5. The van der Waals surface area contributed by atoms with Gasteiger partial charge in [-0.2, -0.15) is 5.10 Å². The number of piperazine rings is 1. The van der Waals surface area contributed by atoms with Gasteiger partial charge < -0.3 is 10.2 Å². The van der Waals surface area contributed by atoms with Crippen LogP contribution < -0.4 is 5.32 Å². The SMILES string of the molecule is CC(C)Cn1ncc2cc(C(=O)N3CCNCC3c3cccc(F)c3)cnc21.Cl.Cl. The summed E-state index contributed by atoms with van der Waals surface area (Å²) in [5.41, 5.74) is 2.10. The van der Waals surface area contributed by atoms with Crippen molar-refractivity contribution in [2.45, 2.75) is 26.4 Å². The third-order valence-corrected chi connectivity index (χ3v) is 5.00. The fourth-order valence-electron chi connectivity index (χ4n) is 3.69. The van der Waals surface area contributed by atoms with Gasteiger partial charge in [0.1, 0.15) is 5.82 Å². The molecule has 0 aliphatic carbocycles. The number of nitrogens with one attached hydrogen (secondary N) is 1. The molecule has 1 N–H and O–H groups in total. The van der Waals surface area contributed by atoms with Gasteiger partial charge in [0, 0.05) is 37.8 Å². The number of aromatic nitrogens is 3. The van der Waals surface area contributed by atoms with Crippen LogP contribution in [0.25, 0.3) is 11.0 Å². The van der Waals surface area contributed by atoms with E-state index in [1.165, 1.54) is 12.1 Å². The topological polar surface area (TPSA) is 63.1 Å². The number of amides is 1. The van der Waals surface area contributed by atoms with E-state index in [1.807, 2.05) is 16.8 Å². The van der Waals surface area contributed by atoms with Crippen molar-refractivity contribution >= 4 is 41.8 Å². The first-order valence-electron chi connectivity index (χ1n) is 9.61. The first-order valence-corrected chi connectivity index (χ1v) is 9.61. The Balaban J connectivity index is 0.00000160. The van der Waals surface area contributed by atoms with Crippen LogP contribution in [0.15, 0.2) is 42.7 Å². The Morgan fingerprint density at radius 3 is 2.80 bits per heavy atom. The smallest absolute Gasteiger partial charge is 0.256 e. The largest absolute Gasteiger partial charge is 0.329 e. The highest BCUT2D eigenvalue weighted by Crippen LogP contribution is 2.25. The lowest BCUT2D eigenvalue weighted by atomic mass is 10.0. The molecule has 0 saturated carbocycles. The van der Waals surface area contributed by atoms with Gasteiger partial charge in [-0.05, 0) is 29.7 Å². The van der Waals surface area contributed by atoms with Gasteiger partial charge in [0.15, 0.2) is 5.65 Å². The summed E-state index contributed by atoms with van der Waals surface area (Å²) in [7, 11) is 0. The standard InChI is InChI=1S/C21H24FN5O.2ClH/c1-14(2)13-27-20-16(11-25-27)8-17(10-24-20)21(28)26-7-6-23-12-19(26)15-4-3-5-18(22)9-15;;/h3-5,8-11,14,19,23H,6-7,12-13H2,1-2H3;2*1H. The molecular formula is C21H26Cl2FN5O. The summed E-state index contributed by atoms with van der Waals surface area (Å²) in [6, 6.07) is 8.08. The predicted octanol–water partition coefficient (Wildman–Crippen LogP) is 3.86. The number of halogens is 3. The van der Waals surface area contributed by atoms with Crippen LogP contribution in [0.3, 0.4) is 0 Å². The van der Waals surface area contributed by atoms with E-state index >= 15 is 0 Å². The normalized spacial score (nSPS) is 16.3. The second-order valence-electron chi connectivity index (χ2n) is 7.63. The lowest BCUT2D eigenvalue weighted by molar-refractivity contribution is 0.0633. The van der Waals surface area contributed by atoms with Gasteiger partial charge in [-0.1, -0.05) is 26.0 Å². The summed E-state index contributed by atoms with van der Waals surface area (Å²) in [5, 5.41) is 8.54. The van der Waals surface area contributed by atoms with Crippen molar-refractivity contribution in [1.29, 1.82) is 0 Å². The van der Waals surface area contributed by atoms with E-state index in [2.05, 4.69) is 29.2 Å². The molecule has 0 spiro atoms. The number of pyridine rings is 1. The number of carbonyl (C=O) groups excluding carboxylic acids is 1. The fourth-order valence-corrected chi connectivity index (χ4v) is 3.69. The molecule has 3 aromatic rings. The van der Waals surface area contributed by atoms with Gasteiger partial charge in [-0.3, -0.25) is 4.79 Å². The van der Waals surface area contributed by atoms with Gasteiger partial charge in [0.2, 0.25) is 0 Å². The van der Waals surface area contributed by atoms with E-state index in [0.717, 1.165) is 23.1 Å². The van der Waals surface area contributed by atoms with Crippen LogP contribution in [0.1, 0.15) is 35.8 Å². The second kappa shape index (κ2) is 10.2. The van der Waals surface area contributed by atoms with Gasteiger partial charge in [-0.25, -0.2) is 14.1 Å². The molecule has 1 amide bonds. The molecule has 1 unspecified atom stereocenters. The van der Waals surface area contributed by atoms with E-state index in [4.69, 9.17) is 0 Å². The van der Waals surface area contributed by atoms with Crippen LogP contribution in [0.4, 0.5) is 4.39 Å². The van der Waals surface area contributed by atoms with Crippen LogP contribution in [-0.2, 0) is 6.54 Å². The summed E-state index contributed by atoms with van der Waals surface area (Å²) in [6.45, 7) is 6.90. The van der Waals surface area contributed by atoms with Crippen molar-refractivity contribution in [3.8, 4) is 0 Å². The Morgan fingerprint density at radius 2 is 2.07 bits per heavy atom. The summed E-state index contributed by atoms with van der Waals surface area (Å²) in [4.78, 5) is 19.5. The van der Waals surface area contributed by atoms with E-state index < -0.39 is 0 Å². The summed E-state index contributed by atoms with van der Waals surface area (Å²) < 4.78 is 15.6. The Kier molecular flexibility index (Phi) is 8.18. The van der Waals surface area contributed by atoms with Crippen LogP contribution in [0, 0.1) is 11.7 Å². The average Bonchev–Trinajstić information content (AvgIpc) is 3.09. The molecule has 9 heteroatoms. The lowest BCUT2D eigenvalue weighted by Crippen LogP contribution is -2.48. The van der Waals surface area contributed by atoms with Crippen LogP contribution >= 0.6 is 24.8 Å². The molecular weight excluding hydrogens is 428 g/mol. The van der Waals surface area contributed by atoms with Crippen molar-refractivity contribution in [3.63, 3.8) is 0 Å². The van der Waals surface area contributed by atoms with Gasteiger partial charge in [0.05, 0.1) is 17.8 Å². The summed E-state index contributed by atoms with van der Waals surface area (Å²) >= 11 is 0. The highest BCUT2D eigenvalue weighted by atomic mass is 35.5. The van der Waals surface area contributed by atoms with Crippen LogP contribution in [-0.4, -0.2) is 45.2 Å². The van der Waals surface area contributed by atoms with Crippen molar-refractivity contribution in [2.24, 2.45) is 5.92 Å². The maximum atomic E-state index is 13.7. The molecule has 2 aromatic heterocycles. The minimum absolute atomic E-state index is 0. The first kappa shape index (κ1) is 24.1. The van der Waals surface area contributed by atoms with Crippen molar-refractivity contribution < 1.29 is 9.18 Å². The van der Waals surface area contributed by atoms with Gasteiger partial charge in [-0.15, -0.1) is 24.8 Å². The minimum Gasteiger partial charge on any atom is -0.329 e. The predicted molar refractivity (Wildman–Crippen MR) is 120 cm³/mol. The third kappa shape index (κ3) is 4.91. The molecule has 162 valence electrons. The Labute approximate surface area is 187 Å². The lowest BCUT2D eigenvalue weighted by Gasteiger charge is -2.36. The maximum absolute atomic E-state index is 13.7. The second-order valence-corrected chi connectivity index (χ2v) is 7.63. The van der Waals surface area contributed by atoms with Crippen molar-refractivity contribution in [3.05, 3.63) is 59.7 Å². The maximum Gasteiger partial charge on any atom is 0.256 e. The van der Waals surface area contributed by atoms with Gasteiger partial charge in [0.25, 0.3) is 5.91 Å². The summed E-state index contributed by atoms with van der Waals surface area (Å²) in [5.74, 6) is 0.0666. The molecule has 30 heavy (non-hydrogen) atoms. The van der Waals surface area contributed by atoms with E-state index in [1.54, 1.807) is 23.4 Å². The fraction of sp³-hybridized carbons (Fsp3) is 0.381. The van der Waals surface area contributed by atoms with E-state index in [-0.39, 0.29) is 42.6 Å². The number of benzene rings is 1. The molecule has 1 atom stereocenters. The molecule has 1 aliphatic heterocycles. The number of hydrogen-bond donors (Lipinski definition) is 1. The molecule has 1 saturated heterocycles. The Morgan fingerprint density at radius 1 is 1.27 bits per heavy atom. The number of nitrogens with zero attached hydrogens (tertiary/aromatic N) is 4. The molecule has 0 radical (unpaired) electrons. The number of fused-ring (bicyclic) bond motifs is 1. The quantitative estimate of drug-likeness (QED) is 0.651. The zero-order chi connectivity index (χ0) is 19.7. The monoisotopic (exact) mass is 453 g/mol. The van der Waals surface area contributed by atoms with Crippen molar-refractivity contribution in [1.82, 2.24) is 25.0 Å². The number of hydrogen-bond acceptors (Lipinski definition) is 4. The van der Waals surface area contributed by atoms with Crippen LogP contribution in [0.2, 0.25) is 0 Å². The van der Waals surface area contributed by atoms with E-state index in [9.17, 15) is 9.18 Å². The molecule has 0 bridgehead atoms. The number of carbonyl (C=O) groups is 1. The van der Waals surface area contributed by atoms with Crippen molar-refractivity contribution in [2.75, 3.05) is 19.6 Å². The molecule has 4 rings (SSSR count). The minimum atomic E-state index is -0.295. The highest BCUT2D eigenvalue weighted by molar-refractivity contribution is 5.97. The zero-order valence-corrected chi connectivity index (χ0v) is 18.5. The number of rotatable bonds is 4. The van der Waals surface area contributed by atoms with Gasteiger partial charge >= 0.3 is 0 Å². The third-order valence-electron chi connectivity index (χ3n) is 5.00. The molecule has 1 aliphatic rings. The van der Waals surface area contributed by atoms with E-state index in [0.29, 0.717) is 31.1 Å². The Bertz CT molecular complexity index is 1010. The zero-order valence-electron chi connectivity index (χ0n) is 16.9. The highest BCUT2D eigenvalue weighted by Gasteiger charge is 2.29. The molecule has 1 fully saturated rings. The van der Waals surface area contributed by atoms with Crippen LogP contribution in [0.5, 0.6) is 0 Å². The molecule has 1 aromatic carbocycles. The summed E-state index contributed by atoms with van der Waals surface area (Å²) in [6.07, 6.45) is 3.37. The average molecular weight is 454 g/mol. The molecule has 3 heterocycles. The Hall–Kier alpha value is -2.22. The molecule has 6 nitrogen and oxygen atoms in total.